The Balaban J connectivity index is 1.84. The lowest BCUT2D eigenvalue weighted by Crippen LogP contribution is -1.94. The zero-order valence-electron chi connectivity index (χ0n) is 9.62. The highest BCUT2D eigenvalue weighted by molar-refractivity contribution is 9.10. The number of nitrogens with zero attached hydrogens (tertiary/aromatic N) is 4. The summed E-state index contributed by atoms with van der Waals surface area (Å²) in [5, 5.41) is 6.14. The van der Waals surface area contributed by atoms with Crippen molar-refractivity contribution < 1.29 is 0 Å². The minimum atomic E-state index is 0.695. The van der Waals surface area contributed by atoms with Crippen molar-refractivity contribution >= 4 is 49.5 Å². The zero-order valence-corrected chi connectivity index (χ0v) is 12.0. The first-order valence-corrected chi connectivity index (χ1v) is 7.08. The summed E-state index contributed by atoms with van der Waals surface area (Å²) in [6.45, 7) is 0. The Morgan fingerprint density at radius 3 is 3.16 bits per heavy atom. The molecule has 0 spiro atoms. The number of aromatic nitrogens is 3. The number of anilines is 1. The van der Waals surface area contributed by atoms with Gasteiger partial charge in [0.15, 0.2) is 5.82 Å². The third-order valence-corrected chi connectivity index (χ3v) is 4.26. The van der Waals surface area contributed by atoms with Crippen LogP contribution in [0.15, 0.2) is 45.8 Å². The van der Waals surface area contributed by atoms with Crippen LogP contribution in [-0.2, 0) is 0 Å². The standard InChI is InChI=1S/C12H8BrN5S/c13-9-6-19-11-10(9)15-7-16-12(11)18-17-5-8-2-1-3-14-4-8/h1-7H,(H,15,16,18)/b17-5+. The molecular weight excluding hydrogens is 326 g/mol. The molecule has 3 heterocycles. The zero-order chi connectivity index (χ0) is 13.1. The van der Waals surface area contributed by atoms with Gasteiger partial charge in [0.2, 0.25) is 0 Å². The van der Waals surface area contributed by atoms with Gasteiger partial charge >= 0.3 is 0 Å². The largest absolute Gasteiger partial charge is 0.264 e. The summed E-state index contributed by atoms with van der Waals surface area (Å²) in [7, 11) is 0. The fraction of sp³-hybridized carbons (Fsp3) is 0. The van der Waals surface area contributed by atoms with Crippen molar-refractivity contribution in [3.05, 3.63) is 46.3 Å². The number of rotatable bonds is 3. The molecule has 0 aliphatic carbocycles. The van der Waals surface area contributed by atoms with E-state index in [2.05, 4.69) is 41.4 Å². The van der Waals surface area contributed by atoms with Gasteiger partial charge in [0, 0.05) is 23.3 Å². The first-order valence-electron chi connectivity index (χ1n) is 5.41. The van der Waals surface area contributed by atoms with Crippen LogP contribution in [0.25, 0.3) is 10.2 Å². The van der Waals surface area contributed by atoms with E-state index >= 15 is 0 Å². The fourth-order valence-corrected chi connectivity index (χ4v) is 3.05. The van der Waals surface area contributed by atoms with Crippen molar-refractivity contribution in [2.45, 2.75) is 0 Å². The van der Waals surface area contributed by atoms with Crippen LogP contribution in [0.4, 0.5) is 5.82 Å². The maximum Gasteiger partial charge on any atom is 0.167 e. The van der Waals surface area contributed by atoms with E-state index in [1.165, 1.54) is 6.33 Å². The molecule has 0 radical (unpaired) electrons. The number of hydrogen-bond donors (Lipinski definition) is 1. The Bertz CT molecular complexity index is 725. The molecular formula is C12H8BrN5S. The van der Waals surface area contributed by atoms with E-state index in [-0.39, 0.29) is 0 Å². The van der Waals surface area contributed by atoms with E-state index in [0.29, 0.717) is 5.82 Å². The van der Waals surface area contributed by atoms with Gasteiger partial charge in [-0.1, -0.05) is 6.07 Å². The molecule has 3 rings (SSSR count). The van der Waals surface area contributed by atoms with Crippen LogP contribution in [0.5, 0.6) is 0 Å². The SMILES string of the molecule is Brc1csc2c(N/N=C/c3cccnc3)ncnc12. The molecule has 0 aliphatic rings. The lowest BCUT2D eigenvalue weighted by atomic mass is 10.3. The second-order valence-electron chi connectivity index (χ2n) is 3.64. The van der Waals surface area contributed by atoms with Gasteiger partial charge in [0.05, 0.1) is 15.4 Å². The van der Waals surface area contributed by atoms with Gasteiger partial charge in [-0.25, -0.2) is 9.97 Å². The highest BCUT2D eigenvalue weighted by atomic mass is 79.9. The molecule has 1 N–H and O–H groups in total. The fourth-order valence-electron chi connectivity index (χ4n) is 1.52. The lowest BCUT2D eigenvalue weighted by molar-refractivity contribution is 1.19. The molecule has 0 saturated heterocycles. The molecule has 19 heavy (non-hydrogen) atoms. The van der Waals surface area contributed by atoms with Crippen LogP contribution < -0.4 is 5.43 Å². The van der Waals surface area contributed by atoms with Crippen molar-refractivity contribution in [1.29, 1.82) is 0 Å². The molecule has 0 amide bonds. The number of hydrazone groups is 1. The molecule has 0 aromatic carbocycles. The number of fused-ring (bicyclic) bond motifs is 1. The normalized spacial score (nSPS) is 11.2. The molecule has 0 atom stereocenters. The lowest BCUT2D eigenvalue weighted by Gasteiger charge is -1.99. The number of halogens is 1. The predicted octanol–water partition coefficient (Wildman–Crippen LogP) is 3.29. The maximum absolute atomic E-state index is 4.22. The van der Waals surface area contributed by atoms with Gasteiger partial charge in [0.25, 0.3) is 0 Å². The Labute approximate surface area is 121 Å². The van der Waals surface area contributed by atoms with Gasteiger partial charge in [0.1, 0.15) is 11.8 Å². The van der Waals surface area contributed by atoms with Crippen molar-refractivity contribution in [3.63, 3.8) is 0 Å². The monoisotopic (exact) mass is 333 g/mol. The van der Waals surface area contributed by atoms with Gasteiger partial charge in [-0.15, -0.1) is 11.3 Å². The first-order chi connectivity index (χ1) is 9.34. The minimum Gasteiger partial charge on any atom is -0.264 e. The average Bonchev–Trinajstić information content (AvgIpc) is 2.83. The smallest absolute Gasteiger partial charge is 0.167 e. The van der Waals surface area contributed by atoms with Gasteiger partial charge in [-0.2, -0.15) is 5.10 Å². The Morgan fingerprint density at radius 1 is 1.37 bits per heavy atom. The van der Waals surface area contributed by atoms with Crippen LogP contribution in [0, 0.1) is 0 Å². The highest BCUT2D eigenvalue weighted by Gasteiger charge is 2.07. The van der Waals surface area contributed by atoms with Crippen LogP contribution in [-0.4, -0.2) is 21.2 Å². The van der Waals surface area contributed by atoms with Crippen LogP contribution in [0.2, 0.25) is 0 Å². The van der Waals surface area contributed by atoms with Gasteiger partial charge in [-0.3, -0.25) is 10.4 Å². The molecule has 5 nitrogen and oxygen atoms in total. The van der Waals surface area contributed by atoms with Crippen molar-refractivity contribution in [2.75, 3.05) is 5.43 Å². The van der Waals surface area contributed by atoms with Crippen LogP contribution >= 0.6 is 27.3 Å². The summed E-state index contributed by atoms with van der Waals surface area (Å²) in [6.07, 6.45) is 6.68. The number of thiophene rings is 1. The molecule has 7 heteroatoms. The molecule has 0 saturated carbocycles. The second kappa shape index (κ2) is 5.41. The molecule has 3 aromatic rings. The van der Waals surface area contributed by atoms with Crippen molar-refractivity contribution in [3.8, 4) is 0 Å². The Morgan fingerprint density at radius 2 is 2.32 bits per heavy atom. The molecule has 0 bridgehead atoms. The average molecular weight is 334 g/mol. The summed E-state index contributed by atoms with van der Waals surface area (Å²) >= 11 is 5.02. The summed E-state index contributed by atoms with van der Waals surface area (Å²) in [6, 6.07) is 3.79. The van der Waals surface area contributed by atoms with Gasteiger partial charge < -0.3 is 0 Å². The molecule has 0 unspecified atom stereocenters. The van der Waals surface area contributed by atoms with Crippen molar-refractivity contribution in [2.24, 2.45) is 5.10 Å². The molecule has 0 fully saturated rings. The van der Waals surface area contributed by atoms with E-state index in [1.807, 2.05) is 17.5 Å². The third-order valence-electron chi connectivity index (χ3n) is 2.38. The molecule has 3 aromatic heterocycles. The van der Waals surface area contributed by atoms with Crippen molar-refractivity contribution in [1.82, 2.24) is 15.0 Å². The first kappa shape index (κ1) is 12.2. The van der Waals surface area contributed by atoms with E-state index in [9.17, 15) is 0 Å². The highest BCUT2D eigenvalue weighted by Crippen LogP contribution is 2.32. The minimum absolute atomic E-state index is 0.695. The van der Waals surface area contributed by atoms with E-state index < -0.39 is 0 Å². The Kier molecular flexibility index (Phi) is 3.47. The van der Waals surface area contributed by atoms with Crippen LogP contribution in [0.3, 0.4) is 0 Å². The summed E-state index contributed by atoms with van der Waals surface area (Å²) in [4.78, 5) is 12.4. The summed E-state index contributed by atoms with van der Waals surface area (Å²) < 4.78 is 1.94. The predicted molar refractivity (Wildman–Crippen MR) is 80.6 cm³/mol. The Hall–Kier alpha value is -1.86. The number of hydrogen-bond acceptors (Lipinski definition) is 6. The number of nitrogens with one attached hydrogen (secondary N) is 1. The summed E-state index contributed by atoms with van der Waals surface area (Å²) in [5.74, 6) is 0.695. The van der Waals surface area contributed by atoms with E-state index in [0.717, 1.165) is 20.3 Å². The van der Waals surface area contributed by atoms with Crippen LogP contribution in [0.1, 0.15) is 5.56 Å². The molecule has 0 aliphatic heterocycles. The van der Waals surface area contributed by atoms with E-state index in [4.69, 9.17) is 0 Å². The third kappa shape index (κ3) is 2.61. The summed E-state index contributed by atoms with van der Waals surface area (Å²) in [5.41, 5.74) is 4.74. The topological polar surface area (TPSA) is 63.1 Å². The maximum atomic E-state index is 4.22. The second-order valence-corrected chi connectivity index (χ2v) is 5.37. The van der Waals surface area contributed by atoms with Gasteiger partial charge in [-0.05, 0) is 22.0 Å². The quantitative estimate of drug-likeness (QED) is 0.590. The number of pyridine rings is 1. The van der Waals surface area contributed by atoms with E-state index in [1.54, 1.807) is 29.9 Å². The molecule has 94 valence electrons.